The Bertz CT molecular complexity index is 630. The van der Waals surface area contributed by atoms with Gasteiger partial charge in [-0.05, 0) is 13.0 Å². The Morgan fingerprint density at radius 2 is 0.382 bits per heavy atom. The zero-order chi connectivity index (χ0) is 40.7. The summed E-state index contributed by atoms with van der Waals surface area (Å²) in [5.74, 6) is 0. The Morgan fingerprint density at radius 3 is 0.545 bits per heavy atom. The normalized spacial score (nSPS) is 12.5. The van der Waals surface area contributed by atoms with Crippen molar-refractivity contribution in [3.63, 3.8) is 0 Å². The van der Waals surface area contributed by atoms with Gasteiger partial charge >= 0.3 is 176 Å². The van der Waals surface area contributed by atoms with Crippen LogP contribution in [0, 0.1) is 0 Å². The van der Waals surface area contributed by atoms with Crippen LogP contribution in [0.2, 0.25) is 0 Å². The first-order chi connectivity index (χ1) is 26.8. The van der Waals surface area contributed by atoms with Gasteiger partial charge in [-0.25, -0.2) is 0 Å². The zero-order valence-corrected chi connectivity index (χ0v) is 39.5. The van der Waals surface area contributed by atoms with Gasteiger partial charge in [-0.1, -0.05) is 156 Å². The third-order valence-electron chi connectivity index (χ3n) is 12.0. The molecule has 0 saturated carbocycles. The van der Waals surface area contributed by atoms with Gasteiger partial charge in [-0.3, -0.25) is 0 Å². The molecule has 0 amide bonds. The molecule has 336 valence electrons. The summed E-state index contributed by atoms with van der Waals surface area (Å²) < 4.78 is 0. The Morgan fingerprint density at radius 1 is 0.236 bits per heavy atom. The van der Waals surface area contributed by atoms with Gasteiger partial charge in [0, 0.05) is 0 Å². The summed E-state index contributed by atoms with van der Waals surface area (Å²) in [5, 5.41) is 0. The molecule has 0 saturated heterocycles. The van der Waals surface area contributed by atoms with Crippen molar-refractivity contribution in [3.8, 4) is 0 Å². The molecular weight excluding hydrogens is 694 g/mol. The van der Waals surface area contributed by atoms with Crippen LogP contribution >= 0.6 is 7.28 Å². The first kappa shape index (κ1) is 57.4. The molecule has 5 N–H and O–H groups in total. The van der Waals surface area contributed by atoms with E-state index in [9.17, 15) is 14.7 Å². The summed E-state index contributed by atoms with van der Waals surface area (Å²) >= 11 is 0. The van der Waals surface area contributed by atoms with Gasteiger partial charge < -0.3 is 5.73 Å². The molecular formula is C50H108NO3P. The van der Waals surface area contributed by atoms with Gasteiger partial charge in [0.2, 0.25) is 0 Å². The topological polar surface area (TPSA) is 86.7 Å². The smallest absolute Gasteiger partial charge is 0.330 e. The summed E-state index contributed by atoms with van der Waals surface area (Å²) in [7, 11) is -4.39. The molecule has 0 aliphatic heterocycles. The van der Waals surface area contributed by atoms with Crippen LogP contribution in [-0.2, 0) is 0 Å². The van der Waals surface area contributed by atoms with E-state index in [-0.39, 0.29) is 12.3 Å². The van der Waals surface area contributed by atoms with E-state index in [2.05, 4.69) is 20.8 Å². The molecule has 55 heavy (non-hydrogen) atoms. The fourth-order valence-electron chi connectivity index (χ4n) is 8.06. The van der Waals surface area contributed by atoms with Crippen LogP contribution in [-0.4, -0.2) is 33.5 Å². The molecule has 0 aromatic rings. The number of rotatable bonds is 46. The molecule has 0 aliphatic rings. The molecule has 0 aromatic carbocycles. The summed E-state index contributed by atoms with van der Waals surface area (Å²) in [6.45, 7) is 7.71. The molecule has 0 atom stereocenters. The quantitative estimate of drug-likeness (QED) is 0.0365. The first-order valence-corrected chi connectivity index (χ1v) is 28.2. The van der Waals surface area contributed by atoms with Crippen LogP contribution in [0.15, 0.2) is 0 Å². The van der Waals surface area contributed by atoms with Crippen LogP contribution in [0.4, 0.5) is 0 Å². The van der Waals surface area contributed by atoms with Gasteiger partial charge in [0.25, 0.3) is 0 Å². The molecule has 4 nitrogen and oxygen atoms in total. The number of unbranched alkanes of at least 4 members (excludes halogenated alkanes) is 41. The van der Waals surface area contributed by atoms with E-state index >= 15 is 0 Å². The van der Waals surface area contributed by atoms with Gasteiger partial charge in [0.05, 0.1) is 0 Å². The number of nitrogens with two attached hydrogens (primary N) is 1. The second-order valence-corrected chi connectivity index (χ2v) is 21.6. The Balaban J connectivity index is 0. The maximum absolute atomic E-state index is 10.5. The Kier molecular flexibility index (Phi) is 49.0. The van der Waals surface area contributed by atoms with E-state index in [4.69, 9.17) is 5.73 Å². The molecule has 0 spiro atoms. The number of hydrogen-bond donors (Lipinski definition) is 4. The molecule has 0 unspecified atom stereocenters. The second kappa shape index (κ2) is 47.0. The fraction of sp³-hybridized carbons (Fsp3) is 1.00. The fourth-order valence-corrected chi connectivity index (χ4v) is 10.0. The standard InChI is InChI=1S/C36H77O3P.C14H31N/c1-3-5-7-9-11-13-15-17-19-21-23-25-27-29-31-33-35-40(37,38,39)36-34-32-30-28-26-24-22-20-18-16-14-12-10-8-6-4-2;1-2-3-4-5-6-7-8-9-10-11-12-13-14-15/h37-39H,3-36H2,1-2H3;2-15H2,1H3. The zero-order valence-electron chi connectivity index (χ0n) is 38.6. The van der Waals surface area contributed by atoms with E-state index < -0.39 is 7.28 Å². The predicted octanol–water partition coefficient (Wildman–Crippen LogP) is 17.4. The summed E-state index contributed by atoms with van der Waals surface area (Å²) in [6.07, 6.45) is 59.0. The van der Waals surface area contributed by atoms with Gasteiger partial charge in [0.1, 0.15) is 0 Å². The average molecular weight is 802 g/mol. The van der Waals surface area contributed by atoms with E-state index in [0.29, 0.717) is 0 Å². The SMILES string of the molecule is CCCCCCCCCCCCCCCCCCP(O)(O)(O)CCCCCCCCCCCCCCCCCC.CCCCCCCCCCCCCCN. The monoisotopic (exact) mass is 802 g/mol. The van der Waals surface area contributed by atoms with Crippen LogP contribution in [0.3, 0.4) is 0 Å². The van der Waals surface area contributed by atoms with Crippen molar-refractivity contribution in [2.75, 3.05) is 18.9 Å². The van der Waals surface area contributed by atoms with Crippen LogP contribution in [0.25, 0.3) is 0 Å². The molecule has 5 heteroatoms. The van der Waals surface area contributed by atoms with Gasteiger partial charge in [-0.2, -0.15) is 0 Å². The van der Waals surface area contributed by atoms with Gasteiger partial charge in [-0.15, -0.1) is 0 Å². The van der Waals surface area contributed by atoms with Crippen molar-refractivity contribution in [2.45, 2.75) is 303 Å². The van der Waals surface area contributed by atoms with Crippen molar-refractivity contribution in [2.24, 2.45) is 5.73 Å². The molecule has 0 heterocycles. The molecule has 0 aromatic heterocycles. The minimum atomic E-state index is -4.39. The van der Waals surface area contributed by atoms with Gasteiger partial charge in [0.15, 0.2) is 0 Å². The third kappa shape index (κ3) is 54.3. The van der Waals surface area contributed by atoms with Crippen molar-refractivity contribution in [3.05, 3.63) is 0 Å². The molecule has 0 fully saturated rings. The average Bonchev–Trinajstić information content (AvgIpc) is 3.16. The minimum Gasteiger partial charge on any atom is -0.330 e. The van der Waals surface area contributed by atoms with Crippen LogP contribution < -0.4 is 5.73 Å². The van der Waals surface area contributed by atoms with Crippen molar-refractivity contribution >= 4 is 7.28 Å². The maximum atomic E-state index is 10.5. The van der Waals surface area contributed by atoms with E-state index in [1.807, 2.05) is 0 Å². The first-order valence-electron chi connectivity index (χ1n) is 25.8. The van der Waals surface area contributed by atoms with Crippen molar-refractivity contribution in [1.82, 2.24) is 0 Å². The third-order valence-corrected chi connectivity index (χ3v) is 14.5. The minimum absolute atomic E-state index is 0.211. The molecule has 0 radical (unpaired) electrons. The Hall–Kier alpha value is 0.270. The predicted molar refractivity (Wildman–Crippen MR) is 253 cm³/mol. The molecule has 0 bridgehead atoms. The Labute approximate surface area is 348 Å². The van der Waals surface area contributed by atoms with Crippen molar-refractivity contribution in [1.29, 1.82) is 0 Å². The van der Waals surface area contributed by atoms with Crippen LogP contribution in [0.5, 0.6) is 0 Å². The van der Waals surface area contributed by atoms with E-state index in [1.54, 1.807) is 0 Å². The second-order valence-electron chi connectivity index (χ2n) is 18.1. The number of hydrogen-bond acceptors (Lipinski definition) is 4. The van der Waals surface area contributed by atoms with E-state index in [0.717, 1.165) is 45.1 Å². The summed E-state index contributed by atoms with van der Waals surface area (Å²) in [4.78, 5) is 31.4. The van der Waals surface area contributed by atoms with Crippen LogP contribution in [0.1, 0.15) is 303 Å². The molecule has 0 aliphatic carbocycles. The van der Waals surface area contributed by atoms with E-state index in [1.165, 1.54) is 244 Å². The summed E-state index contributed by atoms with van der Waals surface area (Å²) in [6, 6.07) is 0. The van der Waals surface area contributed by atoms with Crippen molar-refractivity contribution < 1.29 is 14.7 Å². The molecule has 0 rings (SSSR count). The summed E-state index contributed by atoms with van der Waals surface area (Å²) in [5.41, 5.74) is 5.45.